The molecule has 0 radical (unpaired) electrons. The highest BCUT2D eigenvalue weighted by molar-refractivity contribution is 7.98. The summed E-state index contributed by atoms with van der Waals surface area (Å²) in [4.78, 5) is 2.23. The highest BCUT2D eigenvalue weighted by Crippen LogP contribution is 2.13. The number of thioether (sulfide) groups is 1. The second-order valence-corrected chi connectivity index (χ2v) is 4.83. The lowest BCUT2D eigenvalue weighted by atomic mass is 10.1. The van der Waals surface area contributed by atoms with Gasteiger partial charge in [-0.3, -0.25) is 0 Å². The maximum Gasteiger partial charge on any atom is 0.123 e. The smallest absolute Gasteiger partial charge is 0.123 e. The maximum absolute atomic E-state index is 13.0. The molecule has 0 unspecified atom stereocenters. The molecule has 0 saturated heterocycles. The summed E-state index contributed by atoms with van der Waals surface area (Å²) < 4.78 is 13.0. The third kappa shape index (κ3) is 4.12. The van der Waals surface area contributed by atoms with Crippen molar-refractivity contribution in [2.24, 2.45) is 5.73 Å². The molecule has 90 valence electrons. The quantitative estimate of drug-likeness (QED) is 0.828. The van der Waals surface area contributed by atoms with Crippen LogP contribution in [0.1, 0.15) is 11.1 Å². The minimum absolute atomic E-state index is 0.212. The first kappa shape index (κ1) is 13.5. The summed E-state index contributed by atoms with van der Waals surface area (Å²) in [5.41, 5.74) is 7.62. The Kier molecular flexibility index (Phi) is 5.80. The average Bonchev–Trinajstić information content (AvgIpc) is 2.28. The minimum Gasteiger partial charge on any atom is -0.326 e. The molecule has 0 atom stereocenters. The number of hydrogen-bond acceptors (Lipinski definition) is 3. The van der Waals surface area contributed by atoms with Crippen molar-refractivity contribution in [1.29, 1.82) is 0 Å². The monoisotopic (exact) mass is 242 g/mol. The molecule has 0 heterocycles. The number of nitrogens with two attached hydrogens (primary N) is 1. The van der Waals surface area contributed by atoms with Crippen molar-refractivity contribution in [3.8, 4) is 0 Å². The van der Waals surface area contributed by atoms with Crippen LogP contribution in [-0.2, 0) is 13.1 Å². The normalized spacial score (nSPS) is 11.1. The topological polar surface area (TPSA) is 29.3 Å². The molecule has 1 aromatic carbocycles. The number of hydrogen-bond donors (Lipinski definition) is 1. The van der Waals surface area contributed by atoms with E-state index in [-0.39, 0.29) is 5.82 Å². The van der Waals surface area contributed by atoms with Gasteiger partial charge in [-0.2, -0.15) is 11.8 Å². The molecule has 4 heteroatoms. The molecule has 2 N–H and O–H groups in total. The van der Waals surface area contributed by atoms with E-state index in [4.69, 9.17) is 5.73 Å². The Bertz CT molecular complexity index is 331. The van der Waals surface area contributed by atoms with E-state index in [2.05, 4.69) is 18.2 Å². The fraction of sp³-hybridized carbons (Fsp3) is 0.500. The molecule has 0 amide bonds. The molecule has 16 heavy (non-hydrogen) atoms. The van der Waals surface area contributed by atoms with E-state index < -0.39 is 0 Å². The van der Waals surface area contributed by atoms with Crippen LogP contribution >= 0.6 is 11.8 Å². The first-order valence-corrected chi connectivity index (χ1v) is 6.71. The first-order chi connectivity index (χ1) is 7.67. The van der Waals surface area contributed by atoms with E-state index >= 15 is 0 Å². The third-order valence-corrected chi connectivity index (χ3v) is 3.10. The summed E-state index contributed by atoms with van der Waals surface area (Å²) in [5.74, 6) is 0.895. The maximum atomic E-state index is 13.0. The Morgan fingerprint density at radius 2 is 2.12 bits per heavy atom. The van der Waals surface area contributed by atoms with Crippen molar-refractivity contribution in [2.75, 3.05) is 25.6 Å². The van der Waals surface area contributed by atoms with Crippen LogP contribution in [0.5, 0.6) is 0 Å². The van der Waals surface area contributed by atoms with Crippen LogP contribution in [0.15, 0.2) is 18.2 Å². The molecule has 0 aliphatic heterocycles. The zero-order valence-corrected chi connectivity index (χ0v) is 10.7. The molecule has 2 nitrogen and oxygen atoms in total. The van der Waals surface area contributed by atoms with Crippen molar-refractivity contribution < 1.29 is 4.39 Å². The fourth-order valence-corrected chi connectivity index (χ4v) is 2.05. The van der Waals surface area contributed by atoms with Gasteiger partial charge in [-0.25, -0.2) is 4.39 Å². The summed E-state index contributed by atoms with van der Waals surface area (Å²) in [6.45, 7) is 2.25. The summed E-state index contributed by atoms with van der Waals surface area (Å²) in [5, 5.41) is 0. The SMILES string of the molecule is CSCCN(C)Cc1ccc(F)cc1CN. The lowest BCUT2D eigenvalue weighted by molar-refractivity contribution is 0.347. The Morgan fingerprint density at radius 3 is 2.75 bits per heavy atom. The lowest BCUT2D eigenvalue weighted by Crippen LogP contribution is -2.21. The van der Waals surface area contributed by atoms with Crippen molar-refractivity contribution >= 4 is 11.8 Å². The number of rotatable bonds is 6. The van der Waals surface area contributed by atoms with Crippen LogP contribution in [0.3, 0.4) is 0 Å². The molecule has 0 fully saturated rings. The summed E-state index contributed by atoms with van der Waals surface area (Å²) in [6.07, 6.45) is 2.09. The van der Waals surface area contributed by atoms with Gasteiger partial charge in [0, 0.05) is 25.4 Å². The second kappa shape index (κ2) is 6.89. The lowest BCUT2D eigenvalue weighted by Gasteiger charge is -2.18. The van der Waals surface area contributed by atoms with Crippen LogP contribution in [0.4, 0.5) is 4.39 Å². The standard InChI is InChI=1S/C12H19FN2S/c1-15(5-6-16-2)9-10-3-4-12(13)7-11(10)8-14/h3-4,7H,5-6,8-9,14H2,1-2H3. The van der Waals surface area contributed by atoms with Crippen LogP contribution < -0.4 is 5.73 Å². The van der Waals surface area contributed by atoms with E-state index in [9.17, 15) is 4.39 Å². The van der Waals surface area contributed by atoms with Gasteiger partial charge >= 0.3 is 0 Å². The van der Waals surface area contributed by atoms with Gasteiger partial charge in [-0.1, -0.05) is 6.07 Å². The van der Waals surface area contributed by atoms with Gasteiger partial charge in [0.25, 0.3) is 0 Å². The van der Waals surface area contributed by atoms with Crippen LogP contribution in [0, 0.1) is 5.82 Å². The Hall–Kier alpha value is -0.580. The van der Waals surface area contributed by atoms with Gasteiger partial charge in [0.15, 0.2) is 0 Å². The average molecular weight is 242 g/mol. The van der Waals surface area contributed by atoms with E-state index in [1.54, 1.807) is 0 Å². The third-order valence-electron chi connectivity index (χ3n) is 2.51. The van der Waals surface area contributed by atoms with Crippen molar-refractivity contribution in [2.45, 2.75) is 13.1 Å². The highest BCUT2D eigenvalue weighted by atomic mass is 32.2. The van der Waals surface area contributed by atoms with Gasteiger partial charge in [0.1, 0.15) is 5.82 Å². The van der Waals surface area contributed by atoms with E-state index in [0.29, 0.717) is 6.54 Å². The van der Waals surface area contributed by atoms with E-state index in [1.165, 1.54) is 12.1 Å². The van der Waals surface area contributed by atoms with Gasteiger partial charge in [0.05, 0.1) is 0 Å². The summed E-state index contributed by atoms with van der Waals surface area (Å²) in [7, 11) is 2.07. The first-order valence-electron chi connectivity index (χ1n) is 5.32. The molecule has 1 aromatic rings. The molecule has 1 rings (SSSR count). The molecule has 0 bridgehead atoms. The van der Waals surface area contributed by atoms with Gasteiger partial charge in [-0.05, 0) is 36.6 Å². The predicted octanol–water partition coefficient (Wildman–Crippen LogP) is 2.08. The Morgan fingerprint density at radius 1 is 1.38 bits per heavy atom. The van der Waals surface area contributed by atoms with Crippen molar-refractivity contribution in [1.82, 2.24) is 4.90 Å². The van der Waals surface area contributed by atoms with Crippen LogP contribution in [-0.4, -0.2) is 30.5 Å². The zero-order chi connectivity index (χ0) is 12.0. The Balaban J connectivity index is 2.65. The van der Waals surface area contributed by atoms with E-state index in [1.807, 2.05) is 17.8 Å². The molecule has 0 aliphatic rings. The number of halogens is 1. The molecular formula is C12H19FN2S. The highest BCUT2D eigenvalue weighted by Gasteiger charge is 2.05. The number of benzene rings is 1. The van der Waals surface area contributed by atoms with Gasteiger partial charge < -0.3 is 10.6 Å². The minimum atomic E-state index is -0.212. The molecule has 0 saturated carbocycles. The van der Waals surface area contributed by atoms with Crippen molar-refractivity contribution in [3.05, 3.63) is 35.1 Å². The zero-order valence-electron chi connectivity index (χ0n) is 9.87. The van der Waals surface area contributed by atoms with Crippen LogP contribution in [0.2, 0.25) is 0 Å². The predicted molar refractivity (Wildman–Crippen MR) is 69.0 cm³/mol. The fourth-order valence-electron chi connectivity index (χ4n) is 1.56. The van der Waals surface area contributed by atoms with Crippen LogP contribution in [0.25, 0.3) is 0 Å². The molecule has 0 aromatic heterocycles. The molecule has 0 aliphatic carbocycles. The van der Waals surface area contributed by atoms with Gasteiger partial charge in [-0.15, -0.1) is 0 Å². The largest absolute Gasteiger partial charge is 0.326 e. The molecular weight excluding hydrogens is 223 g/mol. The Labute approximate surface area is 101 Å². The van der Waals surface area contributed by atoms with E-state index in [0.717, 1.165) is 30.0 Å². The summed E-state index contributed by atoms with van der Waals surface area (Å²) in [6, 6.07) is 4.85. The van der Waals surface area contributed by atoms with Crippen molar-refractivity contribution in [3.63, 3.8) is 0 Å². The second-order valence-electron chi connectivity index (χ2n) is 3.85. The van der Waals surface area contributed by atoms with Gasteiger partial charge in [0.2, 0.25) is 0 Å². The summed E-state index contributed by atoms with van der Waals surface area (Å²) >= 11 is 1.83. The molecule has 0 spiro atoms. The number of nitrogens with zero attached hydrogens (tertiary/aromatic N) is 1.